The van der Waals surface area contributed by atoms with E-state index in [-0.39, 0.29) is 0 Å². The van der Waals surface area contributed by atoms with Gasteiger partial charge in [0.05, 0.1) is 19.2 Å². The Bertz CT molecular complexity index is 53.7. The highest BCUT2D eigenvalue weighted by molar-refractivity contribution is 7.99. The lowest BCUT2D eigenvalue weighted by Gasteiger charge is -2.00. The maximum Gasteiger partial charge on any atom is 0.0917 e. The second kappa shape index (κ2) is 9.62. The van der Waals surface area contributed by atoms with Crippen LogP contribution in [0.4, 0.5) is 0 Å². The van der Waals surface area contributed by atoms with Gasteiger partial charge in [-0.15, -0.1) is 11.8 Å². The first-order valence-electron chi connectivity index (χ1n) is 3.17. The van der Waals surface area contributed by atoms with Gasteiger partial charge < -0.3 is 9.47 Å². The summed E-state index contributed by atoms with van der Waals surface area (Å²) < 4.78 is 10.0. The Labute approximate surface area is 72.1 Å². The topological polar surface area (TPSA) is 18.5 Å². The van der Waals surface area contributed by atoms with E-state index in [0.717, 1.165) is 30.7 Å². The smallest absolute Gasteiger partial charge is 0.0917 e. The Kier molecular flexibility index (Phi) is 10.2. The first-order chi connectivity index (χ1) is 4.91. The van der Waals surface area contributed by atoms with Gasteiger partial charge in [-0.3, -0.25) is 0 Å². The molecule has 0 bridgehead atoms. The molecule has 0 aromatic rings. The Morgan fingerprint density at radius 1 is 1.40 bits per heavy atom. The van der Waals surface area contributed by atoms with E-state index in [2.05, 4.69) is 12.6 Å². The maximum atomic E-state index is 5.18. The normalized spacial score (nSPS) is 10.2. The maximum absolute atomic E-state index is 5.18. The van der Waals surface area contributed by atoms with E-state index < -0.39 is 0 Å². The third kappa shape index (κ3) is 8.62. The third-order valence-electron chi connectivity index (χ3n) is 0.809. The lowest BCUT2D eigenvalue weighted by Crippen LogP contribution is -2.00. The van der Waals surface area contributed by atoms with Gasteiger partial charge >= 0.3 is 0 Å². The fourth-order valence-electron chi connectivity index (χ4n) is 0.427. The Morgan fingerprint density at radius 3 is 2.80 bits per heavy atom. The van der Waals surface area contributed by atoms with Crippen molar-refractivity contribution in [2.75, 3.05) is 37.8 Å². The van der Waals surface area contributed by atoms with Gasteiger partial charge in [0.1, 0.15) is 0 Å². The molecule has 0 rings (SSSR count). The van der Waals surface area contributed by atoms with Crippen LogP contribution < -0.4 is 0 Å². The molecule has 62 valence electrons. The molecule has 0 saturated carbocycles. The lowest BCUT2D eigenvalue weighted by molar-refractivity contribution is 0.167. The van der Waals surface area contributed by atoms with Crippen molar-refractivity contribution in [2.45, 2.75) is 0 Å². The van der Waals surface area contributed by atoms with Crippen molar-refractivity contribution < 1.29 is 9.47 Å². The Morgan fingerprint density at radius 2 is 2.20 bits per heavy atom. The standard InChI is InChI=1S/C6H14O2S2/c1-7-6-10-5-3-8-2-4-9/h9H,2-6H2,1H3. The SMILES string of the molecule is COCSCCOCCS. The lowest BCUT2D eigenvalue weighted by atomic mass is 10.8. The molecule has 0 N–H and O–H groups in total. The van der Waals surface area contributed by atoms with Crippen LogP contribution in [0.15, 0.2) is 0 Å². The van der Waals surface area contributed by atoms with Crippen molar-refractivity contribution in [1.29, 1.82) is 0 Å². The number of ether oxygens (including phenoxy) is 2. The van der Waals surface area contributed by atoms with E-state index in [1.165, 1.54) is 0 Å². The van der Waals surface area contributed by atoms with Gasteiger partial charge in [0.25, 0.3) is 0 Å². The summed E-state index contributed by atoms with van der Waals surface area (Å²) in [4.78, 5) is 0. The summed E-state index contributed by atoms with van der Waals surface area (Å²) in [7, 11) is 1.70. The van der Waals surface area contributed by atoms with E-state index in [4.69, 9.17) is 9.47 Å². The highest BCUT2D eigenvalue weighted by Crippen LogP contribution is 1.98. The quantitative estimate of drug-likeness (QED) is 0.363. The number of hydrogen-bond donors (Lipinski definition) is 1. The van der Waals surface area contributed by atoms with Gasteiger partial charge in [-0.05, 0) is 0 Å². The first kappa shape index (κ1) is 10.6. The molecule has 0 amide bonds. The number of thiol groups is 1. The van der Waals surface area contributed by atoms with E-state index in [0.29, 0.717) is 0 Å². The monoisotopic (exact) mass is 182 g/mol. The molecule has 0 aromatic carbocycles. The molecule has 0 fully saturated rings. The van der Waals surface area contributed by atoms with Crippen LogP contribution in [0.5, 0.6) is 0 Å². The zero-order chi connectivity index (χ0) is 7.66. The third-order valence-corrected chi connectivity index (χ3v) is 1.85. The zero-order valence-corrected chi connectivity index (χ0v) is 7.92. The van der Waals surface area contributed by atoms with Gasteiger partial charge in [0, 0.05) is 18.6 Å². The van der Waals surface area contributed by atoms with E-state index >= 15 is 0 Å². The molecular weight excluding hydrogens is 168 g/mol. The highest BCUT2D eigenvalue weighted by atomic mass is 32.2. The summed E-state index contributed by atoms with van der Waals surface area (Å²) in [5.74, 6) is 2.56. The van der Waals surface area contributed by atoms with Crippen LogP contribution in [0.1, 0.15) is 0 Å². The van der Waals surface area contributed by atoms with Crippen LogP contribution in [0.2, 0.25) is 0 Å². The highest BCUT2D eigenvalue weighted by Gasteiger charge is 1.87. The second-order valence-electron chi connectivity index (χ2n) is 1.65. The van der Waals surface area contributed by atoms with Crippen LogP contribution >= 0.6 is 24.4 Å². The fourth-order valence-corrected chi connectivity index (χ4v) is 1.08. The molecule has 0 heterocycles. The van der Waals surface area contributed by atoms with E-state index in [9.17, 15) is 0 Å². The van der Waals surface area contributed by atoms with Gasteiger partial charge in [-0.1, -0.05) is 0 Å². The number of rotatable bonds is 7. The van der Waals surface area contributed by atoms with Crippen LogP contribution in [-0.4, -0.2) is 37.8 Å². The van der Waals surface area contributed by atoms with Crippen molar-refractivity contribution in [3.63, 3.8) is 0 Å². The van der Waals surface area contributed by atoms with Crippen molar-refractivity contribution in [1.82, 2.24) is 0 Å². The second-order valence-corrected chi connectivity index (χ2v) is 3.15. The minimum absolute atomic E-state index is 0.747. The predicted molar refractivity (Wildman–Crippen MR) is 49.0 cm³/mol. The van der Waals surface area contributed by atoms with Crippen LogP contribution in [0, 0.1) is 0 Å². The number of methoxy groups -OCH3 is 1. The molecule has 0 unspecified atom stereocenters. The molecule has 10 heavy (non-hydrogen) atoms. The van der Waals surface area contributed by atoms with Crippen LogP contribution in [0.25, 0.3) is 0 Å². The van der Waals surface area contributed by atoms with Crippen molar-refractivity contribution in [2.24, 2.45) is 0 Å². The summed E-state index contributed by atoms with van der Waals surface area (Å²) in [6, 6.07) is 0. The molecule has 0 aliphatic rings. The predicted octanol–water partition coefficient (Wildman–Crippen LogP) is 1.27. The van der Waals surface area contributed by atoms with Crippen LogP contribution in [0.3, 0.4) is 0 Å². The molecule has 0 aliphatic carbocycles. The average Bonchev–Trinajstić information content (AvgIpc) is 1.97. The molecule has 0 atom stereocenters. The van der Waals surface area contributed by atoms with Crippen molar-refractivity contribution >= 4 is 24.4 Å². The Balaban J connectivity index is 2.65. The minimum Gasteiger partial charge on any atom is -0.380 e. The molecule has 0 aliphatic heterocycles. The molecule has 2 nitrogen and oxygen atoms in total. The van der Waals surface area contributed by atoms with Gasteiger partial charge in [-0.25, -0.2) is 0 Å². The summed E-state index contributed by atoms with van der Waals surface area (Å²) in [6.45, 7) is 1.55. The van der Waals surface area contributed by atoms with E-state index in [1.54, 1.807) is 18.9 Å². The fraction of sp³-hybridized carbons (Fsp3) is 1.00. The van der Waals surface area contributed by atoms with Crippen molar-refractivity contribution in [3.05, 3.63) is 0 Å². The molecular formula is C6H14O2S2. The summed E-state index contributed by atoms with van der Waals surface area (Å²) in [6.07, 6.45) is 0. The number of thioether (sulfide) groups is 1. The first-order valence-corrected chi connectivity index (χ1v) is 4.96. The van der Waals surface area contributed by atoms with Gasteiger partial charge in [0.15, 0.2) is 0 Å². The minimum atomic E-state index is 0.747. The molecule has 0 spiro atoms. The summed E-state index contributed by atoms with van der Waals surface area (Å²) >= 11 is 5.74. The number of hydrogen-bond acceptors (Lipinski definition) is 4. The molecule has 0 saturated heterocycles. The largest absolute Gasteiger partial charge is 0.380 e. The summed E-state index contributed by atoms with van der Waals surface area (Å²) in [5, 5.41) is 0. The molecule has 0 aromatic heterocycles. The summed E-state index contributed by atoms with van der Waals surface area (Å²) in [5.41, 5.74) is 0. The Hall–Kier alpha value is 0.620. The molecule has 0 radical (unpaired) electrons. The molecule has 4 heteroatoms. The van der Waals surface area contributed by atoms with E-state index in [1.807, 2.05) is 0 Å². The average molecular weight is 182 g/mol. The van der Waals surface area contributed by atoms with Crippen LogP contribution in [-0.2, 0) is 9.47 Å². The van der Waals surface area contributed by atoms with Gasteiger partial charge in [-0.2, -0.15) is 12.6 Å². The van der Waals surface area contributed by atoms with Crippen molar-refractivity contribution in [3.8, 4) is 0 Å². The van der Waals surface area contributed by atoms with Gasteiger partial charge in [0.2, 0.25) is 0 Å². The zero-order valence-electron chi connectivity index (χ0n) is 6.21.